The Hall–Kier alpha value is -0.120. The van der Waals surface area contributed by atoms with E-state index in [1.54, 1.807) is 0 Å². The molecule has 0 spiro atoms. The lowest BCUT2D eigenvalue weighted by Crippen LogP contribution is -2.53. The first-order valence-corrected chi connectivity index (χ1v) is 5.07. The van der Waals surface area contributed by atoms with E-state index < -0.39 is 0 Å². The molecule has 0 aromatic heterocycles. The van der Waals surface area contributed by atoms with Crippen LogP contribution in [0.15, 0.2) is 0 Å². The molecule has 2 saturated heterocycles. The van der Waals surface area contributed by atoms with Gasteiger partial charge in [0, 0.05) is 12.1 Å². The molecule has 2 fully saturated rings. The highest BCUT2D eigenvalue weighted by atomic mass is 16.6. The second-order valence-corrected chi connectivity index (χ2v) is 4.91. The van der Waals surface area contributed by atoms with E-state index in [0.29, 0.717) is 0 Å². The minimum Gasteiger partial charge on any atom is -0.374 e. The molecule has 1 N–H and O–H groups in total. The summed E-state index contributed by atoms with van der Waals surface area (Å²) in [5, 5.41) is 3.50. The highest BCUT2D eigenvalue weighted by molar-refractivity contribution is 4.97. The smallest absolute Gasteiger partial charge is 0.143 e. The molecule has 0 saturated carbocycles. The van der Waals surface area contributed by atoms with Gasteiger partial charge in [0.2, 0.25) is 0 Å². The fraction of sp³-hybridized carbons (Fsp3) is 1.00. The first kappa shape index (κ1) is 9.44. The van der Waals surface area contributed by atoms with E-state index in [4.69, 9.17) is 9.47 Å². The largest absolute Gasteiger partial charge is 0.374 e. The molecule has 2 atom stereocenters. The van der Waals surface area contributed by atoms with Gasteiger partial charge in [0.15, 0.2) is 0 Å². The maximum absolute atomic E-state index is 5.80. The Morgan fingerprint density at radius 2 is 2.08 bits per heavy atom. The van der Waals surface area contributed by atoms with Gasteiger partial charge < -0.3 is 9.47 Å². The number of hydrogen-bond donors (Lipinski definition) is 1. The van der Waals surface area contributed by atoms with Crippen LogP contribution in [-0.2, 0) is 9.47 Å². The van der Waals surface area contributed by atoms with Gasteiger partial charge in [0.25, 0.3) is 0 Å². The van der Waals surface area contributed by atoms with Crippen molar-refractivity contribution < 1.29 is 9.47 Å². The molecule has 3 nitrogen and oxygen atoms in total. The number of rotatable bonds is 1. The summed E-state index contributed by atoms with van der Waals surface area (Å²) in [5.41, 5.74) is -0.180. The Bertz CT molecular complexity index is 199. The van der Waals surface area contributed by atoms with Crippen molar-refractivity contribution in [3.8, 4) is 0 Å². The van der Waals surface area contributed by atoms with Crippen LogP contribution in [0, 0.1) is 0 Å². The van der Waals surface area contributed by atoms with Crippen LogP contribution in [0.4, 0.5) is 0 Å². The van der Waals surface area contributed by atoms with Crippen LogP contribution in [0.5, 0.6) is 0 Å². The van der Waals surface area contributed by atoms with Crippen molar-refractivity contribution in [2.75, 3.05) is 13.2 Å². The SMILES string of the molecule is CC1(C)COC(C)(C2CCCO2)N1. The van der Waals surface area contributed by atoms with Crippen molar-refractivity contribution in [3.63, 3.8) is 0 Å². The van der Waals surface area contributed by atoms with Crippen LogP contribution in [0.2, 0.25) is 0 Å². The molecule has 2 aliphatic rings. The third kappa shape index (κ3) is 1.73. The van der Waals surface area contributed by atoms with Crippen LogP contribution in [-0.4, -0.2) is 30.6 Å². The molecule has 0 aromatic rings. The standard InChI is InChI=1S/C10H19NO2/c1-9(2)7-13-10(3,11-9)8-5-4-6-12-8/h8,11H,4-7H2,1-3H3. The normalized spacial score (nSPS) is 44.1. The van der Waals surface area contributed by atoms with E-state index in [2.05, 4.69) is 26.1 Å². The summed E-state index contributed by atoms with van der Waals surface area (Å²) in [5.74, 6) is 0. The zero-order valence-corrected chi connectivity index (χ0v) is 8.72. The van der Waals surface area contributed by atoms with Crippen molar-refractivity contribution >= 4 is 0 Å². The molecule has 2 heterocycles. The highest BCUT2D eigenvalue weighted by Gasteiger charge is 2.47. The van der Waals surface area contributed by atoms with Crippen molar-refractivity contribution in [2.24, 2.45) is 0 Å². The molecule has 2 rings (SSSR count). The Balaban J connectivity index is 2.05. The zero-order valence-electron chi connectivity index (χ0n) is 8.72. The Morgan fingerprint density at radius 1 is 1.31 bits per heavy atom. The van der Waals surface area contributed by atoms with Gasteiger partial charge in [-0.15, -0.1) is 0 Å². The summed E-state index contributed by atoms with van der Waals surface area (Å²) in [6, 6.07) is 0. The Kier molecular flexibility index (Phi) is 2.13. The van der Waals surface area contributed by atoms with E-state index in [1.165, 1.54) is 0 Å². The van der Waals surface area contributed by atoms with E-state index in [-0.39, 0.29) is 17.4 Å². The zero-order chi connectivity index (χ0) is 9.53. The molecule has 0 bridgehead atoms. The van der Waals surface area contributed by atoms with Gasteiger partial charge in [-0.3, -0.25) is 5.32 Å². The van der Waals surface area contributed by atoms with Gasteiger partial charge in [-0.2, -0.15) is 0 Å². The summed E-state index contributed by atoms with van der Waals surface area (Å²) < 4.78 is 11.4. The van der Waals surface area contributed by atoms with Crippen LogP contribution in [0.3, 0.4) is 0 Å². The topological polar surface area (TPSA) is 30.5 Å². The molecule has 76 valence electrons. The monoisotopic (exact) mass is 185 g/mol. The summed E-state index contributed by atoms with van der Waals surface area (Å²) >= 11 is 0. The van der Waals surface area contributed by atoms with E-state index >= 15 is 0 Å². The van der Waals surface area contributed by atoms with Crippen LogP contribution in [0.1, 0.15) is 33.6 Å². The van der Waals surface area contributed by atoms with Gasteiger partial charge in [-0.25, -0.2) is 0 Å². The third-order valence-corrected chi connectivity index (χ3v) is 2.86. The number of hydrogen-bond acceptors (Lipinski definition) is 3. The molecule has 0 radical (unpaired) electrons. The summed E-state index contributed by atoms with van der Waals surface area (Å²) in [4.78, 5) is 0. The summed E-state index contributed by atoms with van der Waals surface area (Å²) in [7, 11) is 0. The first-order chi connectivity index (χ1) is 6.02. The molecular formula is C10H19NO2. The molecular weight excluding hydrogens is 166 g/mol. The molecule has 2 aliphatic heterocycles. The first-order valence-electron chi connectivity index (χ1n) is 5.07. The molecule has 13 heavy (non-hydrogen) atoms. The highest BCUT2D eigenvalue weighted by Crippen LogP contribution is 2.31. The van der Waals surface area contributed by atoms with Crippen molar-refractivity contribution in [1.29, 1.82) is 0 Å². The molecule has 3 heteroatoms. The predicted molar refractivity (Wildman–Crippen MR) is 50.5 cm³/mol. The maximum atomic E-state index is 5.80. The predicted octanol–water partition coefficient (Wildman–Crippen LogP) is 1.28. The average Bonchev–Trinajstić information content (AvgIpc) is 2.58. The fourth-order valence-corrected chi connectivity index (χ4v) is 2.26. The van der Waals surface area contributed by atoms with Gasteiger partial charge in [-0.1, -0.05) is 0 Å². The number of nitrogens with one attached hydrogen (secondary N) is 1. The Morgan fingerprint density at radius 3 is 2.54 bits per heavy atom. The van der Waals surface area contributed by atoms with E-state index in [0.717, 1.165) is 26.1 Å². The molecule has 0 aliphatic carbocycles. The minimum atomic E-state index is -0.264. The van der Waals surface area contributed by atoms with Crippen LogP contribution in [0.25, 0.3) is 0 Å². The van der Waals surface area contributed by atoms with Crippen molar-refractivity contribution in [1.82, 2.24) is 5.32 Å². The number of ether oxygens (including phenoxy) is 2. The second kappa shape index (κ2) is 2.94. The minimum absolute atomic E-state index is 0.0840. The molecule has 0 amide bonds. The van der Waals surface area contributed by atoms with Crippen LogP contribution >= 0.6 is 0 Å². The quantitative estimate of drug-likeness (QED) is 0.667. The van der Waals surface area contributed by atoms with Crippen molar-refractivity contribution in [2.45, 2.75) is 51.0 Å². The maximum Gasteiger partial charge on any atom is 0.143 e. The van der Waals surface area contributed by atoms with Gasteiger partial charge in [0.05, 0.1) is 12.7 Å². The van der Waals surface area contributed by atoms with E-state index in [1.807, 2.05) is 0 Å². The molecule has 2 unspecified atom stereocenters. The second-order valence-electron chi connectivity index (χ2n) is 4.91. The lowest BCUT2D eigenvalue weighted by molar-refractivity contribution is -0.0976. The van der Waals surface area contributed by atoms with Gasteiger partial charge >= 0.3 is 0 Å². The van der Waals surface area contributed by atoms with Gasteiger partial charge in [-0.05, 0) is 33.6 Å². The fourth-order valence-electron chi connectivity index (χ4n) is 2.26. The summed E-state index contributed by atoms with van der Waals surface area (Å²) in [6.07, 6.45) is 2.50. The Labute approximate surface area is 79.8 Å². The van der Waals surface area contributed by atoms with Crippen molar-refractivity contribution in [3.05, 3.63) is 0 Å². The third-order valence-electron chi connectivity index (χ3n) is 2.86. The lowest BCUT2D eigenvalue weighted by atomic mass is 10.0. The summed E-state index contributed by atoms with van der Waals surface area (Å²) in [6.45, 7) is 8.06. The lowest BCUT2D eigenvalue weighted by Gasteiger charge is -2.31. The van der Waals surface area contributed by atoms with E-state index in [9.17, 15) is 0 Å². The van der Waals surface area contributed by atoms with Gasteiger partial charge in [0.1, 0.15) is 5.72 Å². The average molecular weight is 185 g/mol. The van der Waals surface area contributed by atoms with Crippen LogP contribution < -0.4 is 5.32 Å². The molecule has 0 aromatic carbocycles.